The van der Waals surface area contributed by atoms with Gasteiger partial charge in [0.25, 0.3) is 0 Å². The predicted octanol–water partition coefficient (Wildman–Crippen LogP) is 4.26. The van der Waals surface area contributed by atoms with Gasteiger partial charge in [0.15, 0.2) is 0 Å². The molecule has 0 aromatic heterocycles. The Morgan fingerprint density at radius 1 is 1.17 bits per heavy atom. The minimum atomic E-state index is -0.00313. The lowest BCUT2D eigenvalue weighted by atomic mass is 10.1. The van der Waals surface area contributed by atoms with Gasteiger partial charge in [-0.15, -0.1) is 11.8 Å². The van der Waals surface area contributed by atoms with Crippen LogP contribution in [0.3, 0.4) is 0 Å². The molecule has 118 valence electrons. The molecule has 0 aliphatic carbocycles. The van der Waals surface area contributed by atoms with Crippen molar-refractivity contribution in [1.82, 2.24) is 4.90 Å². The summed E-state index contributed by atoms with van der Waals surface area (Å²) in [6, 6.07) is 19.5. The fourth-order valence-electron chi connectivity index (χ4n) is 2.43. The lowest BCUT2D eigenvalue weighted by molar-refractivity contribution is -0.130. The highest BCUT2D eigenvalue weighted by Crippen LogP contribution is 2.23. The third-order valence-electron chi connectivity index (χ3n) is 3.76. The Kier molecular flexibility index (Phi) is 6.25. The van der Waals surface area contributed by atoms with Gasteiger partial charge in [0.1, 0.15) is 0 Å². The standard InChI is InChI=1S/C19H20N2OS/c1-3-21(15(2)17-11-9-16(13-20)10-12-17)19(22)14-23-18-7-5-4-6-8-18/h4-12,15H,3,14H2,1-2H3. The second-order valence-electron chi connectivity index (χ2n) is 5.19. The molecular weight excluding hydrogens is 304 g/mol. The van der Waals surface area contributed by atoms with Gasteiger partial charge in [0.05, 0.1) is 23.4 Å². The van der Waals surface area contributed by atoms with Gasteiger partial charge >= 0.3 is 0 Å². The first-order chi connectivity index (χ1) is 11.2. The van der Waals surface area contributed by atoms with Crippen LogP contribution in [0.4, 0.5) is 0 Å². The molecule has 1 atom stereocenters. The zero-order valence-electron chi connectivity index (χ0n) is 13.4. The van der Waals surface area contributed by atoms with Crippen LogP contribution in [0.25, 0.3) is 0 Å². The second-order valence-corrected chi connectivity index (χ2v) is 6.24. The van der Waals surface area contributed by atoms with Crippen molar-refractivity contribution in [1.29, 1.82) is 5.26 Å². The Bertz CT molecular complexity index is 677. The van der Waals surface area contributed by atoms with Crippen molar-refractivity contribution in [3.63, 3.8) is 0 Å². The maximum Gasteiger partial charge on any atom is 0.233 e. The Morgan fingerprint density at radius 2 is 1.83 bits per heavy atom. The molecule has 4 heteroatoms. The van der Waals surface area contributed by atoms with E-state index in [4.69, 9.17) is 5.26 Å². The summed E-state index contributed by atoms with van der Waals surface area (Å²) < 4.78 is 0. The summed E-state index contributed by atoms with van der Waals surface area (Å²) >= 11 is 1.56. The van der Waals surface area contributed by atoms with Crippen LogP contribution in [0.15, 0.2) is 59.5 Å². The Balaban J connectivity index is 2.02. The van der Waals surface area contributed by atoms with Gasteiger partial charge in [-0.25, -0.2) is 0 Å². The SMILES string of the molecule is CCN(C(=O)CSc1ccccc1)C(C)c1ccc(C#N)cc1. The number of carbonyl (C=O) groups excluding carboxylic acids is 1. The highest BCUT2D eigenvalue weighted by molar-refractivity contribution is 8.00. The molecule has 3 nitrogen and oxygen atoms in total. The topological polar surface area (TPSA) is 44.1 Å². The van der Waals surface area contributed by atoms with Crippen molar-refractivity contribution in [2.24, 2.45) is 0 Å². The first-order valence-electron chi connectivity index (χ1n) is 7.63. The van der Waals surface area contributed by atoms with Crippen molar-refractivity contribution < 1.29 is 4.79 Å². The summed E-state index contributed by atoms with van der Waals surface area (Å²) in [5.74, 6) is 0.552. The number of carbonyl (C=O) groups is 1. The van der Waals surface area contributed by atoms with Crippen LogP contribution in [-0.4, -0.2) is 23.1 Å². The number of nitriles is 1. The lowest BCUT2D eigenvalue weighted by Crippen LogP contribution is -2.34. The number of benzene rings is 2. The lowest BCUT2D eigenvalue weighted by Gasteiger charge is -2.28. The maximum atomic E-state index is 12.5. The van der Waals surface area contributed by atoms with Gasteiger partial charge in [-0.2, -0.15) is 5.26 Å². The molecule has 0 N–H and O–H groups in total. The Labute approximate surface area is 141 Å². The third-order valence-corrected chi connectivity index (χ3v) is 4.75. The molecule has 23 heavy (non-hydrogen) atoms. The summed E-state index contributed by atoms with van der Waals surface area (Å²) in [6.45, 7) is 4.68. The van der Waals surface area contributed by atoms with Crippen LogP contribution < -0.4 is 0 Å². The van der Waals surface area contributed by atoms with E-state index in [0.29, 0.717) is 17.9 Å². The number of nitrogens with zero attached hydrogens (tertiary/aromatic N) is 2. The molecule has 1 unspecified atom stereocenters. The Hall–Kier alpha value is -2.25. The molecule has 0 aliphatic rings. The molecule has 0 spiro atoms. The fourth-order valence-corrected chi connectivity index (χ4v) is 3.23. The van der Waals surface area contributed by atoms with Crippen molar-refractivity contribution in [2.75, 3.05) is 12.3 Å². The molecule has 1 amide bonds. The summed E-state index contributed by atoms with van der Waals surface area (Å²) in [5.41, 5.74) is 1.68. The first kappa shape index (κ1) is 17.1. The number of amides is 1. The van der Waals surface area contributed by atoms with Gasteiger partial charge in [-0.05, 0) is 43.7 Å². The van der Waals surface area contributed by atoms with Gasteiger partial charge in [-0.1, -0.05) is 30.3 Å². The largest absolute Gasteiger partial charge is 0.335 e. The van der Waals surface area contributed by atoms with Gasteiger partial charge in [0.2, 0.25) is 5.91 Å². The summed E-state index contributed by atoms with van der Waals surface area (Å²) in [4.78, 5) is 15.5. The number of hydrogen-bond donors (Lipinski definition) is 0. The molecule has 2 aromatic rings. The molecule has 0 bridgehead atoms. The van der Waals surface area contributed by atoms with Crippen molar-refractivity contribution in [3.05, 3.63) is 65.7 Å². The van der Waals surface area contributed by atoms with E-state index in [9.17, 15) is 4.79 Å². The normalized spacial score (nSPS) is 11.5. The molecule has 2 aromatic carbocycles. The Morgan fingerprint density at radius 3 is 2.39 bits per heavy atom. The van der Waals surface area contributed by atoms with E-state index >= 15 is 0 Å². The van der Waals surface area contributed by atoms with Crippen molar-refractivity contribution >= 4 is 17.7 Å². The molecule has 0 saturated heterocycles. The van der Waals surface area contributed by atoms with Crippen molar-refractivity contribution in [3.8, 4) is 6.07 Å². The number of hydrogen-bond acceptors (Lipinski definition) is 3. The van der Waals surface area contributed by atoms with Gasteiger partial charge < -0.3 is 4.90 Å². The summed E-state index contributed by atoms with van der Waals surface area (Å²) in [5, 5.41) is 8.87. The van der Waals surface area contributed by atoms with E-state index in [1.54, 1.807) is 23.9 Å². The van der Waals surface area contributed by atoms with Crippen LogP contribution in [0.2, 0.25) is 0 Å². The third kappa shape index (κ3) is 4.61. The van der Waals surface area contributed by atoms with Gasteiger partial charge in [-0.3, -0.25) is 4.79 Å². The molecule has 0 heterocycles. The summed E-state index contributed by atoms with van der Waals surface area (Å²) in [7, 11) is 0. The molecule has 0 saturated carbocycles. The molecular formula is C19H20N2OS. The van der Waals surface area contributed by atoms with E-state index in [1.165, 1.54) is 0 Å². The quantitative estimate of drug-likeness (QED) is 0.746. The van der Waals surface area contributed by atoms with E-state index in [-0.39, 0.29) is 11.9 Å². The van der Waals surface area contributed by atoms with E-state index in [0.717, 1.165) is 10.5 Å². The van der Waals surface area contributed by atoms with Crippen LogP contribution in [0.1, 0.15) is 31.0 Å². The highest BCUT2D eigenvalue weighted by Gasteiger charge is 2.19. The first-order valence-corrected chi connectivity index (χ1v) is 8.61. The van der Waals surface area contributed by atoms with Gasteiger partial charge in [0, 0.05) is 11.4 Å². The smallest absolute Gasteiger partial charge is 0.233 e. The van der Waals surface area contributed by atoms with Crippen LogP contribution in [0.5, 0.6) is 0 Å². The summed E-state index contributed by atoms with van der Waals surface area (Å²) in [6.07, 6.45) is 0. The molecule has 2 rings (SSSR count). The minimum absolute atomic E-state index is 0.00313. The fraction of sp³-hybridized carbons (Fsp3) is 0.263. The molecule has 0 aliphatic heterocycles. The van der Waals surface area contributed by atoms with Crippen LogP contribution in [-0.2, 0) is 4.79 Å². The molecule has 0 fully saturated rings. The second kappa shape index (κ2) is 8.40. The minimum Gasteiger partial charge on any atom is -0.335 e. The monoisotopic (exact) mass is 324 g/mol. The average Bonchev–Trinajstić information content (AvgIpc) is 2.61. The van der Waals surface area contributed by atoms with Crippen molar-refractivity contribution in [2.45, 2.75) is 24.8 Å². The van der Waals surface area contributed by atoms with E-state index in [1.807, 2.05) is 61.2 Å². The number of thioether (sulfide) groups is 1. The van der Waals surface area contributed by atoms with Crippen LogP contribution in [0, 0.1) is 11.3 Å². The number of rotatable bonds is 6. The van der Waals surface area contributed by atoms with E-state index < -0.39 is 0 Å². The maximum absolute atomic E-state index is 12.5. The van der Waals surface area contributed by atoms with Crippen LogP contribution >= 0.6 is 11.8 Å². The highest BCUT2D eigenvalue weighted by atomic mass is 32.2. The predicted molar refractivity (Wildman–Crippen MR) is 94.1 cm³/mol. The molecule has 0 radical (unpaired) electrons. The van der Waals surface area contributed by atoms with E-state index in [2.05, 4.69) is 6.07 Å². The average molecular weight is 324 g/mol. The zero-order valence-corrected chi connectivity index (χ0v) is 14.2. The zero-order chi connectivity index (χ0) is 16.7.